The Morgan fingerprint density at radius 2 is 2.10 bits per heavy atom. The van der Waals surface area contributed by atoms with Crippen molar-refractivity contribution in [2.45, 2.75) is 51.2 Å². The zero-order valence-electron chi connectivity index (χ0n) is 12.4. The highest BCUT2D eigenvalue weighted by atomic mass is 32.1. The van der Waals surface area contributed by atoms with Crippen molar-refractivity contribution in [2.75, 3.05) is 4.90 Å². The molecule has 1 saturated carbocycles. The second-order valence-corrected chi connectivity index (χ2v) is 6.53. The number of aromatic nitrogens is 2. The van der Waals surface area contributed by atoms with E-state index in [0.717, 1.165) is 30.9 Å². The second kappa shape index (κ2) is 6.54. The van der Waals surface area contributed by atoms with Gasteiger partial charge in [0.05, 0.1) is 0 Å². The molecule has 0 bridgehead atoms. The van der Waals surface area contributed by atoms with Gasteiger partial charge in [0.25, 0.3) is 0 Å². The van der Waals surface area contributed by atoms with E-state index in [2.05, 4.69) is 38.6 Å². The van der Waals surface area contributed by atoms with Crippen LogP contribution in [0.2, 0.25) is 0 Å². The van der Waals surface area contributed by atoms with Crippen LogP contribution in [0.15, 0.2) is 29.2 Å². The van der Waals surface area contributed by atoms with E-state index in [-0.39, 0.29) is 6.04 Å². The van der Waals surface area contributed by atoms with Crippen LogP contribution in [0.25, 0.3) is 0 Å². The Morgan fingerprint density at radius 1 is 1.33 bits per heavy atom. The van der Waals surface area contributed by atoms with Crippen LogP contribution in [0.4, 0.5) is 5.95 Å². The molecule has 0 spiro atoms. The van der Waals surface area contributed by atoms with Gasteiger partial charge in [-0.05, 0) is 53.6 Å². The van der Waals surface area contributed by atoms with Gasteiger partial charge in [0.1, 0.15) is 0 Å². The minimum Gasteiger partial charge on any atom is -0.333 e. The molecule has 0 amide bonds. The highest BCUT2D eigenvalue weighted by Gasteiger charge is 2.30. The maximum absolute atomic E-state index is 5.99. The van der Waals surface area contributed by atoms with Crippen LogP contribution in [-0.2, 0) is 13.0 Å². The smallest absolute Gasteiger partial charge is 0.225 e. The highest BCUT2D eigenvalue weighted by molar-refractivity contribution is 7.07. The lowest BCUT2D eigenvalue weighted by Gasteiger charge is -2.22. The molecule has 1 aliphatic rings. The van der Waals surface area contributed by atoms with E-state index < -0.39 is 0 Å². The van der Waals surface area contributed by atoms with E-state index in [9.17, 15) is 0 Å². The molecule has 2 aromatic heterocycles. The van der Waals surface area contributed by atoms with E-state index in [1.807, 2.05) is 12.4 Å². The van der Waals surface area contributed by atoms with Crippen molar-refractivity contribution in [1.29, 1.82) is 0 Å². The molecule has 0 aromatic carbocycles. The molecule has 1 aliphatic carbocycles. The first-order valence-electron chi connectivity index (χ1n) is 7.60. The SMILES string of the molecule is CCC(N)Cc1cnc(N(Cc2ccsc2)C2CC2)nc1. The number of rotatable bonds is 7. The van der Waals surface area contributed by atoms with Crippen LogP contribution in [0.1, 0.15) is 37.3 Å². The Balaban J connectivity index is 1.71. The number of nitrogens with two attached hydrogens (primary N) is 1. The van der Waals surface area contributed by atoms with Gasteiger partial charge >= 0.3 is 0 Å². The minimum atomic E-state index is 0.199. The van der Waals surface area contributed by atoms with Crippen LogP contribution < -0.4 is 10.6 Å². The molecule has 1 fully saturated rings. The summed E-state index contributed by atoms with van der Waals surface area (Å²) in [6, 6.07) is 2.98. The minimum absolute atomic E-state index is 0.199. The van der Waals surface area contributed by atoms with Gasteiger partial charge in [-0.1, -0.05) is 6.92 Å². The van der Waals surface area contributed by atoms with Crippen LogP contribution in [0.5, 0.6) is 0 Å². The van der Waals surface area contributed by atoms with E-state index >= 15 is 0 Å². The van der Waals surface area contributed by atoms with Crippen molar-refractivity contribution in [1.82, 2.24) is 9.97 Å². The Bertz CT molecular complexity index is 548. The Kier molecular flexibility index (Phi) is 4.51. The summed E-state index contributed by atoms with van der Waals surface area (Å²) in [5.41, 5.74) is 8.45. The lowest BCUT2D eigenvalue weighted by atomic mass is 10.1. The first-order valence-corrected chi connectivity index (χ1v) is 8.54. The Morgan fingerprint density at radius 3 is 2.67 bits per heavy atom. The third-order valence-electron chi connectivity index (χ3n) is 3.89. The summed E-state index contributed by atoms with van der Waals surface area (Å²) in [5, 5.41) is 4.32. The van der Waals surface area contributed by atoms with Crippen LogP contribution in [-0.4, -0.2) is 22.1 Å². The van der Waals surface area contributed by atoms with Gasteiger partial charge in [-0.25, -0.2) is 9.97 Å². The van der Waals surface area contributed by atoms with Gasteiger partial charge in [-0.3, -0.25) is 0 Å². The fourth-order valence-corrected chi connectivity index (χ4v) is 3.04. The summed E-state index contributed by atoms with van der Waals surface area (Å²) in [4.78, 5) is 11.5. The molecular weight excluding hydrogens is 280 g/mol. The predicted molar refractivity (Wildman–Crippen MR) is 87.5 cm³/mol. The molecule has 5 heteroatoms. The summed E-state index contributed by atoms with van der Waals surface area (Å²) >= 11 is 1.74. The summed E-state index contributed by atoms with van der Waals surface area (Å²) in [6.45, 7) is 3.01. The van der Waals surface area contributed by atoms with E-state index in [0.29, 0.717) is 6.04 Å². The number of anilines is 1. The Hall–Kier alpha value is -1.46. The summed E-state index contributed by atoms with van der Waals surface area (Å²) < 4.78 is 0. The molecule has 1 atom stereocenters. The van der Waals surface area contributed by atoms with Crippen LogP contribution >= 0.6 is 11.3 Å². The van der Waals surface area contributed by atoms with Crippen molar-refractivity contribution in [2.24, 2.45) is 5.73 Å². The van der Waals surface area contributed by atoms with Crippen LogP contribution in [0, 0.1) is 0 Å². The van der Waals surface area contributed by atoms with Gasteiger partial charge in [0.2, 0.25) is 5.95 Å². The Labute approximate surface area is 130 Å². The fourth-order valence-electron chi connectivity index (χ4n) is 2.38. The molecule has 2 N–H and O–H groups in total. The zero-order valence-corrected chi connectivity index (χ0v) is 13.2. The first-order chi connectivity index (χ1) is 10.3. The average Bonchev–Trinajstić information content (AvgIpc) is 3.22. The quantitative estimate of drug-likeness (QED) is 0.854. The van der Waals surface area contributed by atoms with Gasteiger partial charge in [-0.2, -0.15) is 11.3 Å². The molecule has 0 saturated heterocycles. The van der Waals surface area contributed by atoms with Gasteiger partial charge in [0, 0.05) is 31.0 Å². The molecule has 2 heterocycles. The number of thiophene rings is 1. The van der Waals surface area contributed by atoms with Gasteiger partial charge in [0.15, 0.2) is 0 Å². The molecular formula is C16H22N4S. The molecule has 4 nitrogen and oxygen atoms in total. The maximum atomic E-state index is 5.99. The summed E-state index contributed by atoms with van der Waals surface area (Å²) in [7, 11) is 0. The fraction of sp³-hybridized carbons (Fsp3) is 0.500. The molecule has 0 radical (unpaired) electrons. The summed E-state index contributed by atoms with van der Waals surface area (Å²) in [6.07, 6.45) is 8.19. The molecule has 21 heavy (non-hydrogen) atoms. The third-order valence-corrected chi connectivity index (χ3v) is 4.62. The van der Waals surface area contributed by atoms with Crippen molar-refractivity contribution >= 4 is 17.3 Å². The highest BCUT2D eigenvalue weighted by Crippen LogP contribution is 2.31. The summed E-state index contributed by atoms with van der Waals surface area (Å²) in [5.74, 6) is 0.845. The number of hydrogen-bond donors (Lipinski definition) is 1. The van der Waals surface area contributed by atoms with E-state index in [1.54, 1.807) is 11.3 Å². The lowest BCUT2D eigenvalue weighted by Crippen LogP contribution is -2.27. The topological polar surface area (TPSA) is 55.0 Å². The molecule has 0 aliphatic heterocycles. The largest absolute Gasteiger partial charge is 0.333 e. The third kappa shape index (κ3) is 3.80. The maximum Gasteiger partial charge on any atom is 0.225 e. The number of nitrogens with zero attached hydrogens (tertiary/aromatic N) is 3. The van der Waals surface area contributed by atoms with Crippen LogP contribution in [0.3, 0.4) is 0 Å². The van der Waals surface area contributed by atoms with Crippen molar-refractivity contribution in [3.63, 3.8) is 0 Å². The molecule has 3 rings (SSSR count). The van der Waals surface area contributed by atoms with E-state index in [1.165, 1.54) is 18.4 Å². The normalized spacial score (nSPS) is 15.9. The van der Waals surface area contributed by atoms with Crippen molar-refractivity contribution in [3.05, 3.63) is 40.3 Å². The molecule has 1 unspecified atom stereocenters. The van der Waals surface area contributed by atoms with E-state index in [4.69, 9.17) is 5.73 Å². The standard InChI is InChI=1S/C16H22N4S/c1-2-14(17)7-13-8-18-16(19-9-13)20(15-3-4-15)10-12-5-6-21-11-12/h5-6,8-9,11,14-15H,2-4,7,10,17H2,1H3. The second-order valence-electron chi connectivity index (χ2n) is 5.75. The van der Waals surface area contributed by atoms with Gasteiger partial charge < -0.3 is 10.6 Å². The molecule has 2 aromatic rings. The van der Waals surface area contributed by atoms with Crippen molar-refractivity contribution in [3.8, 4) is 0 Å². The monoisotopic (exact) mass is 302 g/mol. The number of hydrogen-bond acceptors (Lipinski definition) is 5. The van der Waals surface area contributed by atoms with Gasteiger partial charge in [-0.15, -0.1) is 0 Å². The predicted octanol–water partition coefficient (Wildman–Crippen LogP) is 2.99. The first kappa shape index (κ1) is 14.5. The average molecular weight is 302 g/mol. The molecule has 112 valence electrons. The van der Waals surface area contributed by atoms with Crippen molar-refractivity contribution < 1.29 is 0 Å². The zero-order chi connectivity index (χ0) is 14.7. The lowest BCUT2D eigenvalue weighted by molar-refractivity contribution is 0.642.